The number of amides is 3. The number of carbonyl (C=O) groups is 3. The minimum atomic E-state index is -1.01. The Hall–Kier alpha value is -3.39. The smallest absolute Gasteiger partial charge is 0.408 e. The van der Waals surface area contributed by atoms with Crippen LogP contribution in [0.4, 0.5) is 4.79 Å². The number of hydrogen-bond donors (Lipinski definition) is 3. The molecule has 3 N–H and O–H groups in total. The molecule has 0 spiro atoms. The van der Waals surface area contributed by atoms with E-state index in [1.54, 1.807) is 34.6 Å². The normalized spacial score (nSPS) is 13.0. The fourth-order valence-electron chi connectivity index (χ4n) is 4.07. The number of aliphatic hydroxyl groups excluding tert-OH is 1. The van der Waals surface area contributed by atoms with E-state index in [0.29, 0.717) is 5.56 Å². The molecule has 0 bridgehead atoms. The molecule has 0 aliphatic rings. The highest BCUT2D eigenvalue weighted by atomic mass is 16.6. The molecule has 2 rings (SSSR count). The van der Waals surface area contributed by atoms with Gasteiger partial charge in [-0.25, -0.2) is 4.79 Å². The minimum absolute atomic E-state index is 0.0885. The number of aryl methyl sites for hydroxylation is 2. The van der Waals surface area contributed by atoms with Gasteiger partial charge in [0.2, 0.25) is 11.8 Å². The Bertz CT molecular complexity index is 1060. The number of alkyl carbamates (subject to hydrolysis) is 1. The third kappa shape index (κ3) is 8.89. The third-order valence-electron chi connectivity index (χ3n) is 5.82. The molecule has 2 atom stereocenters. The standard InChI is InChI=1S/C29H41N3O5/c1-19(2)24(31-28(36)37-29(5,6)7)27(35)32(15-16-33)25(23-14-13-20(3)17-21(23)4)26(34)30-18-22-11-9-8-10-12-22/h8-14,17,19,24-25,33H,15-16,18H2,1-7H3,(H,30,34)(H,31,36). The van der Waals surface area contributed by atoms with Gasteiger partial charge in [0, 0.05) is 13.1 Å². The van der Waals surface area contributed by atoms with Crippen LogP contribution in [-0.4, -0.2) is 52.7 Å². The maximum atomic E-state index is 13.9. The van der Waals surface area contributed by atoms with E-state index in [1.165, 1.54) is 4.90 Å². The summed E-state index contributed by atoms with van der Waals surface area (Å²) in [5, 5.41) is 15.5. The molecule has 0 aliphatic heterocycles. The predicted octanol–water partition coefficient (Wildman–Crippen LogP) is 4.03. The van der Waals surface area contributed by atoms with E-state index >= 15 is 0 Å². The molecule has 0 radical (unpaired) electrons. The summed E-state index contributed by atoms with van der Waals surface area (Å²) < 4.78 is 5.37. The van der Waals surface area contributed by atoms with Gasteiger partial charge in [-0.05, 0) is 57.2 Å². The van der Waals surface area contributed by atoms with Gasteiger partial charge in [0.1, 0.15) is 17.7 Å². The van der Waals surface area contributed by atoms with Crippen molar-refractivity contribution in [1.82, 2.24) is 15.5 Å². The number of rotatable bonds is 10. The molecule has 37 heavy (non-hydrogen) atoms. The molecular weight excluding hydrogens is 470 g/mol. The van der Waals surface area contributed by atoms with Crippen LogP contribution in [0.15, 0.2) is 48.5 Å². The average Bonchev–Trinajstić information content (AvgIpc) is 2.81. The summed E-state index contributed by atoms with van der Waals surface area (Å²) in [7, 11) is 0. The van der Waals surface area contributed by atoms with Crippen molar-refractivity contribution in [3.63, 3.8) is 0 Å². The molecule has 3 amide bonds. The number of benzene rings is 2. The molecule has 2 unspecified atom stereocenters. The first-order valence-electron chi connectivity index (χ1n) is 12.6. The second-order valence-corrected chi connectivity index (χ2v) is 10.6. The lowest BCUT2D eigenvalue weighted by molar-refractivity contribution is -0.144. The number of hydrogen-bond acceptors (Lipinski definition) is 5. The van der Waals surface area contributed by atoms with Gasteiger partial charge in [-0.2, -0.15) is 0 Å². The number of carbonyl (C=O) groups excluding carboxylic acids is 3. The fourth-order valence-corrected chi connectivity index (χ4v) is 4.07. The Balaban J connectivity index is 2.46. The van der Waals surface area contributed by atoms with Gasteiger partial charge in [-0.1, -0.05) is 67.9 Å². The second kappa shape index (κ2) is 13.2. The van der Waals surface area contributed by atoms with Crippen LogP contribution in [-0.2, 0) is 20.9 Å². The van der Waals surface area contributed by atoms with E-state index < -0.39 is 29.7 Å². The van der Waals surface area contributed by atoms with Crippen LogP contribution in [0.2, 0.25) is 0 Å². The Morgan fingerprint density at radius 1 is 1.03 bits per heavy atom. The highest BCUT2D eigenvalue weighted by Gasteiger charge is 2.37. The van der Waals surface area contributed by atoms with Crippen molar-refractivity contribution in [2.75, 3.05) is 13.2 Å². The number of nitrogens with zero attached hydrogens (tertiary/aromatic N) is 1. The monoisotopic (exact) mass is 511 g/mol. The predicted molar refractivity (Wildman–Crippen MR) is 144 cm³/mol. The van der Waals surface area contributed by atoms with Crippen LogP contribution >= 0.6 is 0 Å². The second-order valence-electron chi connectivity index (χ2n) is 10.6. The molecule has 0 aliphatic carbocycles. The average molecular weight is 512 g/mol. The lowest BCUT2D eigenvalue weighted by Gasteiger charge is -2.35. The maximum Gasteiger partial charge on any atom is 0.408 e. The molecule has 0 heterocycles. The van der Waals surface area contributed by atoms with E-state index in [2.05, 4.69) is 10.6 Å². The Morgan fingerprint density at radius 2 is 1.68 bits per heavy atom. The summed E-state index contributed by atoms with van der Waals surface area (Å²) in [5.41, 5.74) is 2.70. The van der Waals surface area contributed by atoms with E-state index in [-0.39, 0.29) is 31.5 Å². The van der Waals surface area contributed by atoms with Crippen LogP contribution in [0.5, 0.6) is 0 Å². The molecule has 0 aromatic heterocycles. The molecule has 2 aromatic carbocycles. The van der Waals surface area contributed by atoms with Crippen molar-refractivity contribution in [1.29, 1.82) is 0 Å². The SMILES string of the molecule is Cc1ccc(C(C(=O)NCc2ccccc2)N(CCO)C(=O)C(NC(=O)OC(C)(C)C)C(C)C)c(C)c1. The summed E-state index contributed by atoms with van der Waals surface area (Å²) in [4.78, 5) is 41.5. The maximum absolute atomic E-state index is 13.9. The summed E-state index contributed by atoms with van der Waals surface area (Å²) in [6.07, 6.45) is -0.722. The Labute approximate surface area is 220 Å². The zero-order valence-electron chi connectivity index (χ0n) is 23.0. The summed E-state index contributed by atoms with van der Waals surface area (Å²) >= 11 is 0. The largest absolute Gasteiger partial charge is 0.444 e. The van der Waals surface area contributed by atoms with Gasteiger partial charge in [0.15, 0.2) is 0 Å². The van der Waals surface area contributed by atoms with Crippen LogP contribution in [0.3, 0.4) is 0 Å². The first kappa shape index (κ1) is 29.8. The van der Waals surface area contributed by atoms with Gasteiger partial charge in [-0.15, -0.1) is 0 Å². The van der Waals surface area contributed by atoms with Crippen LogP contribution in [0, 0.1) is 19.8 Å². The summed E-state index contributed by atoms with van der Waals surface area (Å²) in [6, 6.07) is 13.2. The summed E-state index contributed by atoms with van der Waals surface area (Å²) in [6.45, 7) is 12.5. The van der Waals surface area contributed by atoms with Crippen molar-refractivity contribution >= 4 is 17.9 Å². The molecule has 0 saturated heterocycles. The van der Waals surface area contributed by atoms with Crippen molar-refractivity contribution < 1.29 is 24.2 Å². The Morgan fingerprint density at radius 3 is 2.22 bits per heavy atom. The zero-order chi connectivity index (χ0) is 27.8. The van der Waals surface area contributed by atoms with Crippen molar-refractivity contribution in [2.45, 2.75) is 72.7 Å². The lowest BCUT2D eigenvalue weighted by atomic mass is 9.95. The van der Waals surface area contributed by atoms with Gasteiger partial charge in [-0.3, -0.25) is 9.59 Å². The van der Waals surface area contributed by atoms with Gasteiger partial charge < -0.3 is 25.4 Å². The van der Waals surface area contributed by atoms with Gasteiger partial charge in [0.25, 0.3) is 0 Å². The summed E-state index contributed by atoms with van der Waals surface area (Å²) in [5.74, 6) is -1.15. The Kier molecular flexibility index (Phi) is 10.7. The van der Waals surface area contributed by atoms with Crippen LogP contribution in [0.25, 0.3) is 0 Å². The van der Waals surface area contributed by atoms with E-state index in [9.17, 15) is 19.5 Å². The molecule has 0 fully saturated rings. The fraction of sp³-hybridized carbons (Fsp3) is 0.483. The zero-order valence-corrected chi connectivity index (χ0v) is 23.0. The molecule has 8 heteroatoms. The third-order valence-corrected chi connectivity index (χ3v) is 5.82. The molecular formula is C29H41N3O5. The first-order chi connectivity index (χ1) is 17.3. The number of aliphatic hydroxyl groups is 1. The topological polar surface area (TPSA) is 108 Å². The van der Waals surface area contributed by atoms with E-state index in [4.69, 9.17) is 4.74 Å². The van der Waals surface area contributed by atoms with Crippen molar-refractivity contribution in [3.05, 3.63) is 70.8 Å². The minimum Gasteiger partial charge on any atom is -0.444 e. The van der Waals surface area contributed by atoms with Crippen molar-refractivity contribution in [2.24, 2.45) is 5.92 Å². The quantitative estimate of drug-likeness (QED) is 0.446. The highest BCUT2D eigenvalue weighted by Crippen LogP contribution is 2.27. The highest BCUT2D eigenvalue weighted by molar-refractivity contribution is 5.92. The van der Waals surface area contributed by atoms with Crippen molar-refractivity contribution in [3.8, 4) is 0 Å². The van der Waals surface area contributed by atoms with Gasteiger partial charge in [0.05, 0.1) is 6.61 Å². The van der Waals surface area contributed by atoms with E-state index in [0.717, 1.165) is 16.7 Å². The molecule has 2 aromatic rings. The van der Waals surface area contributed by atoms with Gasteiger partial charge >= 0.3 is 6.09 Å². The van der Waals surface area contributed by atoms with Crippen LogP contribution in [0.1, 0.15) is 62.9 Å². The molecule has 0 saturated carbocycles. The number of ether oxygens (including phenoxy) is 1. The lowest BCUT2D eigenvalue weighted by Crippen LogP contribution is -2.55. The molecule has 8 nitrogen and oxygen atoms in total. The van der Waals surface area contributed by atoms with E-state index in [1.807, 2.05) is 62.4 Å². The first-order valence-corrected chi connectivity index (χ1v) is 12.6. The molecule has 202 valence electrons. The number of nitrogens with one attached hydrogen (secondary N) is 2. The van der Waals surface area contributed by atoms with Crippen LogP contribution < -0.4 is 10.6 Å².